The number of aliphatic hydroxyl groups excluding tert-OH is 1. The first-order valence-corrected chi connectivity index (χ1v) is 29.0. The number of hydrogen-bond acceptors (Lipinski definition) is 7. The highest BCUT2D eigenvalue weighted by Gasteiger charge is 2.22. The molecule has 276 valence electrons. The van der Waals surface area contributed by atoms with E-state index in [9.17, 15) is 5.11 Å². The normalized spacial score (nSPS) is 12.7. The molecule has 0 aliphatic rings. The van der Waals surface area contributed by atoms with Gasteiger partial charge < -0.3 is 28.6 Å². The molecule has 4 rings (SSSR count). The number of aliphatic hydroxyl groups is 1. The number of hydrogen-bond donors (Lipinski definition) is 1. The Morgan fingerprint density at radius 1 is 0.800 bits per heavy atom. The zero-order valence-electron chi connectivity index (χ0n) is 32.0. The van der Waals surface area contributed by atoms with Crippen LogP contribution in [0.15, 0.2) is 36.5 Å². The third-order valence-electron chi connectivity index (χ3n) is 8.53. The van der Waals surface area contributed by atoms with E-state index >= 15 is 4.39 Å². The summed E-state index contributed by atoms with van der Waals surface area (Å²) in [5, 5.41) is 15.9. The molecule has 0 spiro atoms. The Morgan fingerprint density at radius 3 is 2.02 bits per heavy atom. The SMILES string of the molecule is CCc1cc(OCOCC[Si](C)(C)C)c(F)cc1-c1ccc2c(-c3nc(CO)cn3COCC[Si](C)(C)C)nn(COCC[Si](C)(C)C)c2c1. The van der Waals surface area contributed by atoms with Crippen molar-refractivity contribution in [3.8, 4) is 28.4 Å². The van der Waals surface area contributed by atoms with Crippen LogP contribution >= 0.6 is 0 Å². The summed E-state index contributed by atoms with van der Waals surface area (Å²) in [6.45, 7) is 25.2. The van der Waals surface area contributed by atoms with Gasteiger partial charge in [0.05, 0.1) is 17.8 Å². The van der Waals surface area contributed by atoms with Gasteiger partial charge in [0, 0.05) is 55.6 Å². The zero-order valence-corrected chi connectivity index (χ0v) is 35.0. The number of rotatable bonds is 20. The van der Waals surface area contributed by atoms with Crippen molar-refractivity contribution in [2.75, 3.05) is 26.6 Å². The van der Waals surface area contributed by atoms with E-state index < -0.39 is 30.0 Å². The number of ether oxygens (including phenoxy) is 4. The van der Waals surface area contributed by atoms with E-state index in [-0.39, 0.29) is 25.9 Å². The lowest BCUT2D eigenvalue weighted by atomic mass is 9.96. The second-order valence-electron chi connectivity index (χ2n) is 16.7. The summed E-state index contributed by atoms with van der Waals surface area (Å²) in [5.41, 5.74) is 4.71. The molecule has 2 heterocycles. The van der Waals surface area contributed by atoms with Gasteiger partial charge in [-0.1, -0.05) is 71.9 Å². The number of imidazole rings is 1. The quantitative estimate of drug-likeness (QED) is 0.0549. The van der Waals surface area contributed by atoms with Gasteiger partial charge in [0.1, 0.15) is 19.2 Å². The molecule has 0 saturated carbocycles. The molecule has 0 atom stereocenters. The van der Waals surface area contributed by atoms with Crippen molar-refractivity contribution in [1.29, 1.82) is 0 Å². The van der Waals surface area contributed by atoms with Crippen molar-refractivity contribution in [2.45, 2.75) is 110 Å². The lowest BCUT2D eigenvalue weighted by Crippen LogP contribution is -2.22. The van der Waals surface area contributed by atoms with Crippen LogP contribution in [0.25, 0.3) is 33.5 Å². The Bertz CT molecular complexity index is 1710. The summed E-state index contributed by atoms with van der Waals surface area (Å²) in [6, 6.07) is 12.5. The van der Waals surface area contributed by atoms with Gasteiger partial charge in [-0.15, -0.1) is 0 Å². The van der Waals surface area contributed by atoms with Gasteiger partial charge in [-0.05, 0) is 65.5 Å². The van der Waals surface area contributed by atoms with Crippen LogP contribution in [0.5, 0.6) is 5.75 Å². The minimum atomic E-state index is -1.28. The summed E-state index contributed by atoms with van der Waals surface area (Å²) in [7, 11) is -3.75. The molecule has 4 aromatic rings. The van der Waals surface area contributed by atoms with Gasteiger partial charge in [-0.3, -0.25) is 0 Å². The van der Waals surface area contributed by atoms with Crippen molar-refractivity contribution >= 4 is 35.1 Å². The molecule has 0 amide bonds. The maximum atomic E-state index is 15.5. The lowest BCUT2D eigenvalue weighted by molar-refractivity contribution is 0.0197. The molecule has 1 N–H and O–H groups in total. The Balaban J connectivity index is 1.68. The summed E-state index contributed by atoms with van der Waals surface area (Å²) < 4.78 is 42.9. The number of aryl methyl sites for hydroxylation is 1. The number of benzene rings is 2. The topological polar surface area (TPSA) is 92.8 Å². The van der Waals surface area contributed by atoms with Gasteiger partial charge in [0.15, 0.2) is 24.2 Å². The molecule has 0 saturated heterocycles. The highest BCUT2D eigenvalue weighted by atomic mass is 28.3. The van der Waals surface area contributed by atoms with Crippen LogP contribution in [0, 0.1) is 5.82 Å². The Kier molecular flexibility index (Phi) is 13.8. The van der Waals surface area contributed by atoms with Crippen molar-refractivity contribution < 1.29 is 28.4 Å². The third kappa shape index (κ3) is 11.7. The monoisotopic (exact) mass is 742 g/mol. The van der Waals surface area contributed by atoms with Crippen LogP contribution in [0.2, 0.25) is 77.1 Å². The van der Waals surface area contributed by atoms with Gasteiger partial charge in [-0.2, -0.15) is 5.10 Å². The smallest absolute Gasteiger partial charge is 0.189 e. The fraction of sp³-hybridized carbons (Fsp3) is 0.568. The van der Waals surface area contributed by atoms with Crippen LogP contribution in [0.1, 0.15) is 18.2 Å². The Hall–Kier alpha value is -2.66. The number of halogens is 1. The molecule has 0 bridgehead atoms. The summed E-state index contributed by atoms with van der Waals surface area (Å²) in [6.07, 6.45) is 2.52. The molecular weight excluding hydrogens is 684 g/mol. The highest BCUT2D eigenvalue weighted by molar-refractivity contribution is 6.76. The van der Waals surface area contributed by atoms with Crippen LogP contribution in [0.4, 0.5) is 4.39 Å². The second-order valence-corrected chi connectivity index (χ2v) is 33.6. The van der Waals surface area contributed by atoms with E-state index in [2.05, 4.69) is 65.8 Å². The first kappa shape index (κ1) is 40.1. The van der Waals surface area contributed by atoms with E-state index in [1.54, 1.807) is 12.1 Å². The average Bonchev–Trinajstić information content (AvgIpc) is 3.60. The predicted molar refractivity (Wildman–Crippen MR) is 209 cm³/mol. The summed E-state index contributed by atoms with van der Waals surface area (Å²) >= 11 is 0. The zero-order chi connectivity index (χ0) is 36.7. The molecule has 2 aromatic heterocycles. The van der Waals surface area contributed by atoms with Gasteiger partial charge in [-0.25, -0.2) is 14.1 Å². The molecule has 50 heavy (non-hydrogen) atoms. The van der Waals surface area contributed by atoms with E-state index in [0.717, 1.165) is 45.7 Å². The van der Waals surface area contributed by atoms with Crippen molar-refractivity contribution in [3.63, 3.8) is 0 Å². The molecule has 13 heteroatoms. The van der Waals surface area contributed by atoms with Crippen molar-refractivity contribution in [3.05, 3.63) is 53.6 Å². The van der Waals surface area contributed by atoms with Gasteiger partial charge in [0.25, 0.3) is 0 Å². The molecule has 0 aliphatic heterocycles. The molecule has 0 fully saturated rings. The van der Waals surface area contributed by atoms with Crippen molar-refractivity contribution in [2.24, 2.45) is 0 Å². The Labute approximate surface area is 301 Å². The lowest BCUT2D eigenvalue weighted by Gasteiger charge is -2.16. The van der Waals surface area contributed by atoms with Crippen LogP contribution in [-0.4, -0.2) is 75.3 Å². The summed E-state index contributed by atoms with van der Waals surface area (Å²) in [4.78, 5) is 4.75. The number of fused-ring (bicyclic) bond motifs is 1. The minimum Gasteiger partial charge on any atom is -0.464 e. The van der Waals surface area contributed by atoms with Gasteiger partial charge in [0.2, 0.25) is 0 Å². The van der Waals surface area contributed by atoms with Gasteiger partial charge >= 0.3 is 0 Å². The van der Waals surface area contributed by atoms with E-state index in [1.807, 2.05) is 33.6 Å². The second kappa shape index (κ2) is 17.2. The standard InChI is InChI=1S/C37H59FN4O5Si3/c1-11-28-21-35(47-27-46-16-19-50(8,9)10)33(38)22-32(28)29-12-13-31-34(20-29)42(26-45-15-18-49(5,6)7)40-36(31)37-39-30(24-43)23-41(37)25-44-14-17-48(2,3)4/h12-13,20-23,43H,11,14-19,24-27H2,1-10H3. The number of aromatic nitrogens is 4. The molecular formula is C37H59FN4O5Si3. The fourth-order valence-corrected chi connectivity index (χ4v) is 7.59. The molecule has 2 aromatic carbocycles. The predicted octanol–water partition coefficient (Wildman–Crippen LogP) is 9.08. The average molecular weight is 743 g/mol. The minimum absolute atomic E-state index is 0.0205. The first-order valence-electron chi connectivity index (χ1n) is 17.8. The summed E-state index contributed by atoms with van der Waals surface area (Å²) in [5.74, 6) is 0.388. The highest BCUT2D eigenvalue weighted by Crippen LogP contribution is 2.35. The van der Waals surface area contributed by atoms with E-state index in [0.29, 0.717) is 50.2 Å². The number of nitrogens with zero attached hydrogens (tertiary/aromatic N) is 4. The van der Waals surface area contributed by atoms with E-state index in [1.165, 1.54) is 0 Å². The van der Waals surface area contributed by atoms with E-state index in [4.69, 9.17) is 29.0 Å². The van der Waals surface area contributed by atoms with Crippen LogP contribution in [0.3, 0.4) is 0 Å². The molecule has 0 aliphatic carbocycles. The largest absolute Gasteiger partial charge is 0.464 e. The Morgan fingerprint density at radius 2 is 1.42 bits per heavy atom. The maximum absolute atomic E-state index is 15.5. The van der Waals surface area contributed by atoms with Crippen LogP contribution in [-0.2, 0) is 40.7 Å². The van der Waals surface area contributed by atoms with Crippen molar-refractivity contribution in [1.82, 2.24) is 19.3 Å². The third-order valence-corrected chi connectivity index (χ3v) is 13.6. The first-order chi connectivity index (χ1) is 23.5. The molecule has 0 unspecified atom stereocenters. The fourth-order valence-electron chi connectivity index (χ4n) is 5.32. The molecule has 9 nitrogen and oxygen atoms in total. The van der Waals surface area contributed by atoms with Crippen LogP contribution < -0.4 is 4.74 Å². The molecule has 0 radical (unpaired) electrons. The maximum Gasteiger partial charge on any atom is 0.189 e.